The highest BCUT2D eigenvalue weighted by molar-refractivity contribution is 6.17. The van der Waals surface area contributed by atoms with Crippen LogP contribution in [0.15, 0.2) is 66.8 Å². The van der Waals surface area contributed by atoms with Gasteiger partial charge < -0.3 is 39.1 Å². The molecule has 17 heteroatoms. The predicted octanol–water partition coefficient (Wildman–Crippen LogP) is 5.66. The van der Waals surface area contributed by atoms with Crippen LogP contribution < -0.4 is 16.0 Å². The van der Waals surface area contributed by atoms with E-state index in [-0.39, 0.29) is 39.5 Å². The van der Waals surface area contributed by atoms with E-state index >= 15 is 0 Å². The Morgan fingerprint density at radius 2 is 1.53 bits per heavy atom. The fraction of sp³-hybridized carbons (Fsp3) is 0.415. The third kappa shape index (κ3) is 12.6. The average molecular weight is 804 g/mol. The molecule has 58 heavy (non-hydrogen) atoms. The summed E-state index contributed by atoms with van der Waals surface area (Å²) in [6, 6.07) is 8.85. The minimum atomic E-state index is -1.42. The molecular formula is C41H49N5O12. The SMILES string of the molecule is C=CC1C=C(C(=O)Nc2ccc(C(=N)NC(=O)OC(C)OC(=O)C(C)C)cc2)C(c2ccc(C(=O)NCC3CC3)nc2C(=O)OC(C)OC(=O)OC(C)C)=CC1OC. The number of aromatic nitrogens is 1. The summed E-state index contributed by atoms with van der Waals surface area (Å²) in [6.07, 6.45) is 1.04. The maximum absolute atomic E-state index is 14.1. The molecule has 0 bridgehead atoms. The highest BCUT2D eigenvalue weighted by atomic mass is 16.8. The lowest BCUT2D eigenvalue weighted by Crippen LogP contribution is -2.35. The highest BCUT2D eigenvalue weighted by Crippen LogP contribution is 2.35. The Hall–Kier alpha value is -6.36. The topological polar surface area (TPSA) is 231 Å². The van der Waals surface area contributed by atoms with E-state index in [0.29, 0.717) is 18.2 Å². The molecular weight excluding hydrogens is 754 g/mol. The summed E-state index contributed by atoms with van der Waals surface area (Å²) in [5.41, 5.74) is 0.571. The molecule has 1 saturated carbocycles. The van der Waals surface area contributed by atoms with E-state index < -0.39 is 72.6 Å². The van der Waals surface area contributed by atoms with Gasteiger partial charge in [0.05, 0.1) is 18.1 Å². The number of amides is 3. The zero-order chi connectivity index (χ0) is 42.7. The van der Waals surface area contributed by atoms with E-state index in [1.165, 1.54) is 57.4 Å². The number of carbonyl (C=O) groups excluding carboxylic acids is 6. The maximum atomic E-state index is 14.1. The van der Waals surface area contributed by atoms with E-state index in [4.69, 9.17) is 33.8 Å². The first-order valence-electron chi connectivity index (χ1n) is 18.6. The van der Waals surface area contributed by atoms with Crippen molar-refractivity contribution in [2.45, 2.75) is 79.2 Å². The number of rotatable bonds is 16. The molecule has 4 unspecified atom stereocenters. The van der Waals surface area contributed by atoms with Gasteiger partial charge in [0.15, 0.2) is 5.69 Å². The van der Waals surface area contributed by atoms with Crippen molar-refractivity contribution < 1.29 is 57.2 Å². The number of nitrogens with zero attached hydrogens (tertiary/aromatic N) is 1. The lowest BCUT2D eigenvalue weighted by Gasteiger charge is -2.27. The Morgan fingerprint density at radius 3 is 2.14 bits per heavy atom. The maximum Gasteiger partial charge on any atom is 0.511 e. The van der Waals surface area contributed by atoms with Gasteiger partial charge in [-0.3, -0.25) is 25.1 Å². The van der Waals surface area contributed by atoms with E-state index in [2.05, 4.69) is 27.5 Å². The summed E-state index contributed by atoms with van der Waals surface area (Å²) in [5.74, 6) is -3.58. The number of esters is 2. The number of benzene rings is 1. The van der Waals surface area contributed by atoms with Crippen molar-refractivity contribution in [3.63, 3.8) is 0 Å². The van der Waals surface area contributed by atoms with Crippen molar-refractivity contribution >= 4 is 53.1 Å². The molecule has 1 fully saturated rings. The fourth-order valence-corrected chi connectivity index (χ4v) is 5.39. The molecule has 1 heterocycles. The zero-order valence-electron chi connectivity index (χ0n) is 33.4. The fourth-order valence-electron chi connectivity index (χ4n) is 5.39. The van der Waals surface area contributed by atoms with Crippen molar-refractivity contribution in [1.29, 1.82) is 5.41 Å². The molecule has 4 atom stereocenters. The Labute approximate surface area is 336 Å². The molecule has 3 amide bonds. The van der Waals surface area contributed by atoms with E-state index in [0.717, 1.165) is 12.8 Å². The number of nitrogens with one attached hydrogen (secondary N) is 4. The van der Waals surface area contributed by atoms with Gasteiger partial charge in [0.2, 0.25) is 12.6 Å². The number of anilines is 1. The monoisotopic (exact) mass is 803 g/mol. The van der Waals surface area contributed by atoms with Gasteiger partial charge in [0, 0.05) is 55.8 Å². The lowest BCUT2D eigenvalue weighted by atomic mass is 9.84. The summed E-state index contributed by atoms with van der Waals surface area (Å²) >= 11 is 0. The largest absolute Gasteiger partial charge is 0.511 e. The molecule has 4 N–H and O–H groups in total. The van der Waals surface area contributed by atoms with E-state index in [9.17, 15) is 28.8 Å². The van der Waals surface area contributed by atoms with Crippen molar-refractivity contribution in [1.82, 2.24) is 15.6 Å². The molecule has 1 aromatic heterocycles. The van der Waals surface area contributed by atoms with Gasteiger partial charge >= 0.3 is 24.2 Å². The van der Waals surface area contributed by atoms with Crippen LogP contribution in [0.4, 0.5) is 15.3 Å². The molecule has 2 aliphatic rings. The molecule has 0 saturated heterocycles. The molecule has 1 aromatic carbocycles. The van der Waals surface area contributed by atoms with Gasteiger partial charge in [-0.2, -0.15) is 0 Å². The lowest BCUT2D eigenvalue weighted by molar-refractivity contribution is -0.168. The quantitative estimate of drug-likeness (QED) is 0.0401. The summed E-state index contributed by atoms with van der Waals surface area (Å²) < 4.78 is 31.2. The molecule has 2 aliphatic carbocycles. The third-order valence-electron chi connectivity index (χ3n) is 8.56. The Bertz CT molecular complexity index is 1970. The van der Waals surface area contributed by atoms with Crippen LogP contribution in [0.3, 0.4) is 0 Å². The minimum absolute atomic E-state index is 0.0831. The van der Waals surface area contributed by atoms with Gasteiger partial charge in [-0.05, 0) is 80.7 Å². The number of hydrogen-bond acceptors (Lipinski definition) is 14. The van der Waals surface area contributed by atoms with Gasteiger partial charge in [-0.1, -0.05) is 26.0 Å². The van der Waals surface area contributed by atoms with Crippen LogP contribution >= 0.6 is 0 Å². The summed E-state index contributed by atoms with van der Waals surface area (Å²) in [7, 11) is 1.47. The minimum Gasteiger partial charge on any atom is -0.431 e. The Kier molecular flexibility index (Phi) is 15.4. The number of pyridine rings is 1. The third-order valence-corrected chi connectivity index (χ3v) is 8.56. The first kappa shape index (κ1) is 44.4. The van der Waals surface area contributed by atoms with Crippen LogP contribution in [-0.4, -0.2) is 85.3 Å². The molecule has 0 radical (unpaired) electrons. The average Bonchev–Trinajstić information content (AvgIpc) is 4.00. The Morgan fingerprint density at radius 1 is 0.862 bits per heavy atom. The Balaban J connectivity index is 1.59. The second-order valence-corrected chi connectivity index (χ2v) is 14.0. The van der Waals surface area contributed by atoms with Gasteiger partial charge in [0.25, 0.3) is 11.8 Å². The molecule has 17 nitrogen and oxygen atoms in total. The summed E-state index contributed by atoms with van der Waals surface area (Å²) in [6.45, 7) is 13.5. The number of amidine groups is 1. The van der Waals surface area contributed by atoms with Gasteiger partial charge in [-0.25, -0.2) is 19.4 Å². The van der Waals surface area contributed by atoms with Crippen LogP contribution in [0.25, 0.3) is 5.57 Å². The smallest absolute Gasteiger partial charge is 0.431 e. The number of methoxy groups -OCH3 is 1. The summed E-state index contributed by atoms with van der Waals surface area (Å²) in [4.78, 5) is 81.5. The predicted molar refractivity (Wildman–Crippen MR) is 209 cm³/mol. The second kappa shape index (κ2) is 20.2. The standard InChI is InChI=1S/C41H49N5O12/c1-9-26-18-31(36(47)44-28-14-12-27(13-15-28)35(42)46-40(51)57-23(6)55-38(49)21(2)3)30(19-33(26)53-8)29-16-17-32(37(48)43-20-25-10-11-25)45-34(29)39(50)56-24(7)58-41(52)54-22(4)5/h9,12-19,21-26,33H,1,10-11,20H2,2-8H3,(H,43,48)(H,44,47)(H2,42,46,51). The van der Waals surface area contributed by atoms with Crippen molar-refractivity contribution in [2.24, 2.45) is 17.8 Å². The van der Waals surface area contributed by atoms with Crippen LogP contribution in [-0.2, 0) is 38.0 Å². The number of hydrogen-bond donors (Lipinski definition) is 4. The van der Waals surface area contributed by atoms with E-state index in [1.807, 2.05) is 0 Å². The number of ether oxygens (including phenoxy) is 6. The first-order valence-corrected chi connectivity index (χ1v) is 18.6. The molecule has 0 spiro atoms. The van der Waals surface area contributed by atoms with Crippen molar-refractivity contribution in [3.8, 4) is 0 Å². The van der Waals surface area contributed by atoms with Gasteiger partial charge in [0.1, 0.15) is 11.5 Å². The highest BCUT2D eigenvalue weighted by Gasteiger charge is 2.32. The van der Waals surface area contributed by atoms with Crippen LogP contribution in [0, 0.1) is 23.2 Å². The zero-order valence-corrected chi connectivity index (χ0v) is 33.4. The van der Waals surface area contributed by atoms with Gasteiger partial charge in [-0.15, -0.1) is 6.58 Å². The summed E-state index contributed by atoms with van der Waals surface area (Å²) in [5, 5.41) is 16.2. The van der Waals surface area contributed by atoms with Crippen molar-refractivity contribution in [2.75, 3.05) is 19.0 Å². The van der Waals surface area contributed by atoms with E-state index in [1.54, 1.807) is 45.9 Å². The molecule has 310 valence electrons. The normalized spacial score (nSPS) is 17.1. The molecule has 2 aromatic rings. The molecule has 4 rings (SSSR count). The second-order valence-electron chi connectivity index (χ2n) is 14.0. The molecule has 0 aliphatic heterocycles. The first-order chi connectivity index (χ1) is 27.5. The number of carbonyl (C=O) groups is 6. The van der Waals surface area contributed by atoms with Crippen molar-refractivity contribution in [3.05, 3.63) is 89.3 Å². The van der Waals surface area contributed by atoms with Crippen LogP contribution in [0.1, 0.15) is 86.5 Å². The van der Waals surface area contributed by atoms with Crippen LogP contribution in [0.2, 0.25) is 0 Å². The number of alkyl carbamates (subject to hydrolysis) is 1. The van der Waals surface area contributed by atoms with Crippen LogP contribution in [0.5, 0.6) is 0 Å².